The fraction of sp³-hybridized carbons (Fsp3) is 0.571. The molecule has 2 N–H and O–H groups in total. The molecule has 0 fully saturated rings. The third kappa shape index (κ3) is 5.25. The monoisotopic (exact) mass is 271 g/mol. The van der Waals surface area contributed by atoms with Gasteiger partial charge in [0.25, 0.3) is 0 Å². The zero-order chi connectivity index (χ0) is 13.5. The number of halogens is 1. The van der Waals surface area contributed by atoms with E-state index < -0.39 is 0 Å². The van der Waals surface area contributed by atoms with Crippen molar-refractivity contribution in [1.82, 2.24) is 0 Å². The molecule has 0 saturated carbocycles. The minimum absolute atomic E-state index is 0.0223. The number of benzene rings is 1. The second-order valence-corrected chi connectivity index (χ2v) is 5.20. The van der Waals surface area contributed by atoms with Gasteiger partial charge in [-0.2, -0.15) is 0 Å². The average Bonchev–Trinajstić information content (AvgIpc) is 2.29. The molecule has 3 nitrogen and oxygen atoms in total. The Morgan fingerprint density at radius 1 is 1.22 bits per heavy atom. The summed E-state index contributed by atoms with van der Waals surface area (Å²) in [5.41, 5.74) is 6.78. The normalized spacial score (nSPS) is 12.8. The highest BCUT2D eigenvalue weighted by molar-refractivity contribution is 6.32. The van der Waals surface area contributed by atoms with Gasteiger partial charge in [0.2, 0.25) is 0 Å². The fourth-order valence-electron chi connectivity index (χ4n) is 1.45. The molecule has 1 atom stereocenters. The van der Waals surface area contributed by atoms with Crippen LogP contribution in [0.1, 0.15) is 32.4 Å². The van der Waals surface area contributed by atoms with Crippen molar-refractivity contribution in [2.75, 3.05) is 19.8 Å². The van der Waals surface area contributed by atoms with E-state index in [2.05, 4.69) is 13.8 Å². The van der Waals surface area contributed by atoms with Gasteiger partial charge in [0.15, 0.2) is 0 Å². The Bertz CT molecular complexity index is 367. The third-order valence-electron chi connectivity index (χ3n) is 2.42. The van der Waals surface area contributed by atoms with Crippen LogP contribution in [0.15, 0.2) is 18.2 Å². The van der Waals surface area contributed by atoms with Gasteiger partial charge in [0.1, 0.15) is 12.4 Å². The predicted molar refractivity (Wildman–Crippen MR) is 75.2 cm³/mol. The summed E-state index contributed by atoms with van der Waals surface area (Å²) < 4.78 is 11.0. The van der Waals surface area contributed by atoms with Crippen molar-refractivity contribution < 1.29 is 9.47 Å². The maximum Gasteiger partial charge on any atom is 0.138 e. The van der Waals surface area contributed by atoms with Crippen LogP contribution in [-0.2, 0) is 4.74 Å². The van der Waals surface area contributed by atoms with Gasteiger partial charge >= 0.3 is 0 Å². The Kier molecular flexibility index (Phi) is 6.47. The van der Waals surface area contributed by atoms with Crippen LogP contribution in [-0.4, -0.2) is 19.8 Å². The lowest BCUT2D eigenvalue weighted by molar-refractivity contribution is 0.0819. The molecule has 102 valence electrons. The van der Waals surface area contributed by atoms with Gasteiger partial charge in [-0.05, 0) is 30.5 Å². The number of rotatable bonds is 7. The van der Waals surface area contributed by atoms with E-state index in [0.717, 1.165) is 12.2 Å². The molecule has 0 saturated heterocycles. The summed E-state index contributed by atoms with van der Waals surface area (Å²) in [4.78, 5) is 0. The summed E-state index contributed by atoms with van der Waals surface area (Å²) in [7, 11) is 0. The second-order valence-electron chi connectivity index (χ2n) is 4.80. The van der Waals surface area contributed by atoms with Crippen molar-refractivity contribution >= 4 is 11.6 Å². The van der Waals surface area contributed by atoms with Crippen molar-refractivity contribution in [2.24, 2.45) is 11.7 Å². The molecule has 0 heterocycles. The van der Waals surface area contributed by atoms with Crippen LogP contribution in [0.4, 0.5) is 0 Å². The van der Waals surface area contributed by atoms with Crippen molar-refractivity contribution in [2.45, 2.75) is 26.8 Å². The van der Waals surface area contributed by atoms with E-state index in [1.165, 1.54) is 0 Å². The quantitative estimate of drug-likeness (QED) is 0.773. The van der Waals surface area contributed by atoms with Gasteiger partial charge in [-0.3, -0.25) is 0 Å². The lowest BCUT2D eigenvalue weighted by atomic mass is 10.1. The zero-order valence-corrected chi connectivity index (χ0v) is 12.0. The fourth-order valence-corrected chi connectivity index (χ4v) is 1.69. The third-order valence-corrected chi connectivity index (χ3v) is 2.71. The van der Waals surface area contributed by atoms with Crippen LogP contribution < -0.4 is 10.5 Å². The molecule has 18 heavy (non-hydrogen) atoms. The first-order chi connectivity index (χ1) is 8.50. The Labute approximate surface area is 114 Å². The molecule has 0 aromatic heterocycles. The van der Waals surface area contributed by atoms with Crippen LogP contribution in [0, 0.1) is 5.92 Å². The molecular weight excluding hydrogens is 250 g/mol. The molecule has 1 aromatic carbocycles. The Hall–Kier alpha value is -0.770. The zero-order valence-electron chi connectivity index (χ0n) is 11.3. The van der Waals surface area contributed by atoms with E-state index in [1.54, 1.807) is 0 Å². The summed E-state index contributed by atoms with van der Waals surface area (Å²) >= 11 is 6.12. The second kappa shape index (κ2) is 7.62. The lowest BCUT2D eigenvalue weighted by Gasteiger charge is -2.12. The summed E-state index contributed by atoms with van der Waals surface area (Å²) in [5.74, 6) is 1.22. The average molecular weight is 272 g/mol. The Morgan fingerprint density at radius 2 is 1.94 bits per heavy atom. The number of ether oxygens (including phenoxy) is 2. The van der Waals surface area contributed by atoms with Crippen LogP contribution in [0.2, 0.25) is 5.02 Å². The summed E-state index contributed by atoms with van der Waals surface area (Å²) in [6.45, 7) is 7.98. The molecule has 0 spiro atoms. The standard InChI is InChI=1S/C14H22ClNO2/c1-10(2)9-17-6-7-18-14-5-4-12(11(3)16)8-13(14)15/h4-5,8,10-11H,6-7,9,16H2,1-3H3/t11-/m1/s1. The smallest absolute Gasteiger partial charge is 0.138 e. The molecule has 4 heteroatoms. The van der Waals surface area contributed by atoms with E-state index >= 15 is 0 Å². The van der Waals surface area contributed by atoms with Gasteiger partial charge < -0.3 is 15.2 Å². The summed E-state index contributed by atoms with van der Waals surface area (Å²) in [6, 6.07) is 5.60. The molecule has 0 aliphatic carbocycles. The van der Waals surface area contributed by atoms with Gasteiger partial charge in [-0.15, -0.1) is 0 Å². The van der Waals surface area contributed by atoms with Gasteiger partial charge in [-0.25, -0.2) is 0 Å². The van der Waals surface area contributed by atoms with Crippen LogP contribution in [0.3, 0.4) is 0 Å². The van der Waals surface area contributed by atoms with Gasteiger partial charge in [0, 0.05) is 12.6 Å². The topological polar surface area (TPSA) is 44.5 Å². The molecule has 0 aliphatic heterocycles. The molecule has 0 unspecified atom stereocenters. The van der Waals surface area contributed by atoms with Crippen molar-refractivity contribution in [3.05, 3.63) is 28.8 Å². The lowest BCUT2D eigenvalue weighted by Crippen LogP contribution is -2.10. The molecule has 0 aliphatic rings. The first kappa shape index (κ1) is 15.3. The Balaban J connectivity index is 2.39. The first-order valence-corrected chi connectivity index (χ1v) is 6.64. The maximum atomic E-state index is 6.12. The largest absolute Gasteiger partial charge is 0.490 e. The van der Waals surface area contributed by atoms with E-state index in [1.807, 2.05) is 25.1 Å². The van der Waals surface area contributed by atoms with Gasteiger partial charge in [0.05, 0.1) is 11.6 Å². The number of hydrogen-bond acceptors (Lipinski definition) is 3. The molecule has 0 amide bonds. The highest BCUT2D eigenvalue weighted by atomic mass is 35.5. The van der Waals surface area contributed by atoms with Gasteiger partial charge in [-0.1, -0.05) is 31.5 Å². The minimum atomic E-state index is -0.0223. The van der Waals surface area contributed by atoms with Crippen molar-refractivity contribution in [3.8, 4) is 5.75 Å². The highest BCUT2D eigenvalue weighted by Gasteiger charge is 2.05. The molecular formula is C14H22ClNO2. The molecule has 1 aromatic rings. The van der Waals surface area contributed by atoms with E-state index in [-0.39, 0.29) is 6.04 Å². The van der Waals surface area contributed by atoms with Crippen LogP contribution in [0.5, 0.6) is 5.75 Å². The number of nitrogens with two attached hydrogens (primary N) is 1. The summed E-state index contributed by atoms with van der Waals surface area (Å²) in [5, 5.41) is 0.591. The van der Waals surface area contributed by atoms with E-state index in [0.29, 0.717) is 29.9 Å². The minimum Gasteiger partial charge on any atom is -0.490 e. The van der Waals surface area contributed by atoms with E-state index in [4.69, 9.17) is 26.8 Å². The van der Waals surface area contributed by atoms with E-state index in [9.17, 15) is 0 Å². The SMILES string of the molecule is CC(C)COCCOc1ccc([C@@H](C)N)cc1Cl. The van der Waals surface area contributed by atoms with Crippen LogP contribution in [0.25, 0.3) is 0 Å². The predicted octanol–water partition coefficient (Wildman–Crippen LogP) is 3.41. The number of hydrogen-bond donors (Lipinski definition) is 1. The molecule has 0 bridgehead atoms. The van der Waals surface area contributed by atoms with Crippen molar-refractivity contribution in [3.63, 3.8) is 0 Å². The maximum absolute atomic E-state index is 6.12. The van der Waals surface area contributed by atoms with Crippen molar-refractivity contribution in [1.29, 1.82) is 0 Å². The highest BCUT2D eigenvalue weighted by Crippen LogP contribution is 2.27. The Morgan fingerprint density at radius 3 is 2.50 bits per heavy atom. The molecule has 0 radical (unpaired) electrons. The van der Waals surface area contributed by atoms with Crippen LogP contribution >= 0.6 is 11.6 Å². The summed E-state index contributed by atoms with van der Waals surface area (Å²) in [6.07, 6.45) is 0. The molecule has 1 rings (SSSR count). The first-order valence-electron chi connectivity index (χ1n) is 6.26.